The molecule has 0 saturated heterocycles. The molecule has 4 rings (SSSR count). The van der Waals surface area contributed by atoms with Crippen molar-refractivity contribution >= 4 is 15.4 Å². The van der Waals surface area contributed by atoms with Crippen molar-refractivity contribution < 1.29 is 22.6 Å². The van der Waals surface area contributed by atoms with Crippen LogP contribution in [0.2, 0.25) is 0 Å². The van der Waals surface area contributed by atoms with Gasteiger partial charge in [-0.15, -0.1) is 0 Å². The van der Waals surface area contributed by atoms with Crippen molar-refractivity contribution in [2.24, 2.45) is 0 Å². The summed E-state index contributed by atoms with van der Waals surface area (Å²) in [5.41, 5.74) is 1.13. The first-order valence-electron chi connectivity index (χ1n) is 9.72. The topological polar surface area (TPSA) is 74.7 Å². The van der Waals surface area contributed by atoms with Crippen molar-refractivity contribution in [1.82, 2.24) is 4.98 Å². The SMILES string of the molecule is COC(OC)C1(C)C=C(c2ccccn2)c2cc(S(=O)(=O)c3ccccc3)ccc2O1. The number of methoxy groups -OCH3 is 2. The van der Waals surface area contributed by atoms with E-state index in [1.165, 1.54) is 0 Å². The Morgan fingerprint density at radius 1 is 0.935 bits per heavy atom. The second kappa shape index (κ2) is 8.26. The molecule has 0 bridgehead atoms. The Labute approximate surface area is 182 Å². The smallest absolute Gasteiger partial charge is 0.206 e. The highest BCUT2D eigenvalue weighted by molar-refractivity contribution is 7.91. The lowest BCUT2D eigenvalue weighted by molar-refractivity contribution is -0.180. The predicted molar refractivity (Wildman–Crippen MR) is 116 cm³/mol. The van der Waals surface area contributed by atoms with Gasteiger partial charge in [0.1, 0.15) is 5.75 Å². The first-order valence-corrected chi connectivity index (χ1v) is 11.2. The Kier molecular flexibility index (Phi) is 5.66. The average molecular weight is 438 g/mol. The van der Waals surface area contributed by atoms with Crippen LogP contribution in [0.1, 0.15) is 18.2 Å². The minimum atomic E-state index is -3.69. The fourth-order valence-corrected chi connectivity index (χ4v) is 5.06. The van der Waals surface area contributed by atoms with E-state index in [1.807, 2.05) is 31.2 Å². The minimum absolute atomic E-state index is 0.182. The van der Waals surface area contributed by atoms with E-state index in [0.29, 0.717) is 17.0 Å². The van der Waals surface area contributed by atoms with Crippen molar-refractivity contribution in [2.75, 3.05) is 14.2 Å². The quantitative estimate of drug-likeness (QED) is 0.540. The summed E-state index contributed by atoms with van der Waals surface area (Å²) in [7, 11) is -0.598. The fraction of sp³-hybridized carbons (Fsp3) is 0.208. The van der Waals surface area contributed by atoms with Gasteiger partial charge in [0.25, 0.3) is 0 Å². The van der Waals surface area contributed by atoms with Crippen LogP contribution in [0.5, 0.6) is 5.75 Å². The standard InChI is InChI=1S/C24H23NO5S/c1-24(23(28-2)29-3)16-20(21-11-7-8-14-25-21)19-15-18(12-13-22(19)30-24)31(26,27)17-9-5-4-6-10-17/h4-16,23H,1-3H3. The fourth-order valence-electron chi connectivity index (χ4n) is 3.76. The largest absolute Gasteiger partial charge is 0.477 e. The second-order valence-electron chi connectivity index (χ2n) is 7.34. The summed E-state index contributed by atoms with van der Waals surface area (Å²) >= 11 is 0. The van der Waals surface area contributed by atoms with E-state index in [-0.39, 0.29) is 9.79 Å². The molecule has 1 aromatic heterocycles. The molecule has 2 aromatic carbocycles. The molecule has 7 heteroatoms. The van der Waals surface area contributed by atoms with Gasteiger partial charge in [-0.3, -0.25) is 4.98 Å². The number of hydrogen-bond acceptors (Lipinski definition) is 6. The Bertz CT molecular complexity index is 1210. The summed E-state index contributed by atoms with van der Waals surface area (Å²) < 4.78 is 43.5. The molecule has 0 amide bonds. The number of sulfone groups is 1. The van der Waals surface area contributed by atoms with Crippen LogP contribution in [0.15, 0.2) is 88.8 Å². The highest BCUT2D eigenvalue weighted by Gasteiger charge is 2.40. The van der Waals surface area contributed by atoms with Gasteiger partial charge >= 0.3 is 0 Å². The van der Waals surface area contributed by atoms with Crippen LogP contribution >= 0.6 is 0 Å². The maximum atomic E-state index is 13.2. The summed E-state index contributed by atoms with van der Waals surface area (Å²) in [6.07, 6.45) is 2.89. The van der Waals surface area contributed by atoms with Gasteiger partial charge in [-0.1, -0.05) is 24.3 Å². The van der Waals surface area contributed by atoms with E-state index in [9.17, 15) is 8.42 Å². The third-order valence-corrected chi connectivity index (χ3v) is 6.97. The molecule has 1 unspecified atom stereocenters. The van der Waals surface area contributed by atoms with E-state index in [1.54, 1.807) is 68.9 Å². The van der Waals surface area contributed by atoms with Gasteiger partial charge in [-0.2, -0.15) is 0 Å². The van der Waals surface area contributed by atoms with Gasteiger partial charge in [0.2, 0.25) is 16.1 Å². The molecular formula is C24H23NO5S. The summed E-state index contributed by atoms with van der Waals surface area (Å²) in [6, 6.07) is 18.8. The van der Waals surface area contributed by atoms with Crippen LogP contribution in [0.25, 0.3) is 5.57 Å². The lowest BCUT2D eigenvalue weighted by Gasteiger charge is -2.38. The van der Waals surface area contributed by atoms with E-state index in [4.69, 9.17) is 14.2 Å². The van der Waals surface area contributed by atoms with E-state index in [0.717, 1.165) is 5.57 Å². The van der Waals surface area contributed by atoms with Gasteiger partial charge < -0.3 is 14.2 Å². The molecule has 1 atom stereocenters. The Morgan fingerprint density at radius 3 is 2.29 bits per heavy atom. The molecule has 0 spiro atoms. The van der Waals surface area contributed by atoms with E-state index < -0.39 is 21.7 Å². The number of benzene rings is 2. The van der Waals surface area contributed by atoms with Crippen molar-refractivity contribution in [3.05, 3.63) is 90.3 Å². The van der Waals surface area contributed by atoms with Crippen LogP contribution in [0.4, 0.5) is 0 Å². The zero-order valence-corrected chi connectivity index (χ0v) is 18.3. The number of pyridine rings is 1. The highest BCUT2D eigenvalue weighted by atomic mass is 32.2. The molecule has 0 radical (unpaired) electrons. The maximum absolute atomic E-state index is 13.2. The Balaban J connectivity index is 1.89. The Hall–Kier alpha value is -3.00. The van der Waals surface area contributed by atoms with Crippen molar-refractivity contribution in [3.8, 4) is 5.75 Å². The number of aromatic nitrogens is 1. The summed E-state index contributed by atoms with van der Waals surface area (Å²) in [5, 5.41) is 0. The molecule has 0 N–H and O–H groups in total. The normalized spacial score (nSPS) is 18.3. The molecule has 3 aromatic rings. The van der Waals surface area contributed by atoms with E-state index >= 15 is 0 Å². The summed E-state index contributed by atoms with van der Waals surface area (Å²) in [4.78, 5) is 4.89. The number of ether oxygens (including phenoxy) is 3. The number of rotatable bonds is 6. The molecule has 31 heavy (non-hydrogen) atoms. The zero-order chi connectivity index (χ0) is 22.1. The average Bonchev–Trinajstić information content (AvgIpc) is 2.80. The predicted octanol–water partition coefficient (Wildman–Crippen LogP) is 4.12. The molecule has 0 saturated carbocycles. The minimum Gasteiger partial charge on any atom is -0.477 e. The number of nitrogens with zero attached hydrogens (tertiary/aromatic N) is 1. The van der Waals surface area contributed by atoms with Crippen LogP contribution in [-0.2, 0) is 19.3 Å². The highest BCUT2D eigenvalue weighted by Crippen LogP contribution is 2.42. The molecule has 0 fully saturated rings. The van der Waals surface area contributed by atoms with Gasteiger partial charge in [-0.05, 0) is 55.5 Å². The van der Waals surface area contributed by atoms with E-state index in [2.05, 4.69) is 4.98 Å². The molecule has 1 aliphatic heterocycles. The second-order valence-corrected chi connectivity index (χ2v) is 9.29. The van der Waals surface area contributed by atoms with Crippen LogP contribution in [-0.4, -0.2) is 39.5 Å². The van der Waals surface area contributed by atoms with Gasteiger partial charge in [-0.25, -0.2) is 8.42 Å². The van der Waals surface area contributed by atoms with Crippen molar-refractivity contribution in [3.63, 3.8) is 0 Å². The third-order valence-electron chi connectivity index (χ3n) is 5.20. The van der Waals surface area contributed by atoms with Crippen molar-refractivity contribution in [2.45, 2.75) is 28.6 Å². The molecule has 0 aliphatic carbocycles. The Morgan fingerprint density at radius 2 is 1.65 bits per heavy atom. The molecule has 1 aliphatic rings. The first-order chi connectivity index (χ1) is 14.9. The molecule has 2 heterocycles. The zero-order valence-electron chi connectivity index (χ0n) is 17.5. The lowest BCUT2D eigenvalue weighted by atomic mass is 9.91. The van der Waals surface area contributed by atoms with Gasteiger partial charge in [0, 0.05) is 31.6 Å². The molecule has 6 nitrogen and oxygen atoms in total. The molecule has 160 valence electrons. The number of fused-ring (bicyclic) bond motifs is 1. The monoisotopic (exact) mass is 437 g/mol. The van der Waals surface area contributed by atoms with Crippen LogP contribution in [0, 0.1) is 0 Å². The molecular weight excluding hydrogens is 414 g/mol. The van der Waals surface area contributed by atoms with Crippen LogP contribution in [0.3, 0.4) is 0 Å². The van der Waals surface area contributed by atoms with Crippen LogP contribution < -0.4 is 4.74 Å². The lowest BCUT2D eigenvalue weighted by Crippen LogP contribution is -2.47. The summed E-state index contributed by atoms with van der Waals surface area (Å²) in [5.74, 6) is 0.525. The van der Waals surface area contributed by atoms with Gasteiger partial charge in [0.05, 0.1) is 15.5 Å². The first kappa shape index (κ1) is 21.2. The number of hydrogen-bond donors (Lipinski definition) is 0. The summed E-state index contributed by atoms with van der Waals surface area (Å²) in [6.45, 7) is 1.85. The maximum Gasteiger partial charge on any atom is 0.206 e. The van der Waals surface area contributed by atoms with Gasteiger partial charge in [0.15, 0.2) is 5.60 Å². The third kappa shape index (κ3) is 3.87. The van der Waals surface area contributed by atoms with Crippen molar-refractivity contribution in [1.29, 1.82) is 0 Å².